The lowest BCUT2D eigenvalue weighted by Gasteiger charge is -2.53. The summed E-state index contributed by atoms with van der Waals surface area (Å²) in [5.74, 6) is 1.77. The standard InChI is InChI=1S/C12H23NO/c1-10(2)6-11-4-5-12(8-14-9-12)13(3)7-11/h10-11H,4-9H2,1-3H3. The van der Waals surface area contributed by atoms with Crippen LogP contribution in [0.25, 0.3) is 0 Å². The molecule has 2 fully saturated rings. The van der Waals surface area contributed by atoms with Crippen LogP contribution in [-0.2, 0) is 4.74 Å². The van der Waals surface area contributed by atoms with Crippen molar-refractivity contribution in [2.45, 2.75) is 38.6 Å². The molecule has 2 nitrogen and oxygen atoms in total. The van der Waals surface area contributed by atoms with Crippen LogP contribution in [0.1, 0.15) is 33.1 Å². The van der Waals surface area contributed by atoms with Gasteiger partial charge in [-0.1, -0.05) is 13.8 Å². The van der Waals surface area contributed by atoms with E-state index in [2.05, 4.69) is 25.8 Å². The third-order valence-electron chi connectivity index (χ3n) is 3.91. The minimum Gasteiger partial charge on any atom is -0.377 e. The Bertz CT molecular complexity index is 198. The number of nitrogens with zero attached hydrogens (tertiary/aromatic N) is 1. The molecule has 1 atom stereocenters. The summed E-state index contributed by atoms with van der Waals surface area (Å²) < 4.78 is 5.36. The van der Waals surface area contributed by atoms with E-state index < -0.39 is 0 Å². The molecule has 0 saturated carbocycles. The summed E-state index contributed by atoms with van der Waals surface area (Å²) in [7, 11) is 2.27. The first-order valence-electron chi connectivity index (χ1n) is 5.91. The number of hydrogen-bond donors (Lipinski definition) is 0. The van der Waals surface area contributed by atoms with Gasteiger partial charge >= 0.3 is 0 Å². The summed E-state index contributed by atoms with van der Waals surface area (Å²) in [4.78, 5) is 2.55. The molecule has 0 amide bonds. The number of hydrogen-bond acceptors (Lipinski definition) is 2. The summed E-state index contributed by atoms with van der Waals surface area (Å²) in [5.41, 5.74) is 0.438. The molecule has 2 aliphatic heterocycles. The monoisotopic (exact) mass is 197 g/mol. The first-order valence-corrected chi connectivity index (χ1v) is 5.91. The van der Waals surface area contributed by atoms with Crippen LogP contribution in [0.15, 0.2) is 0 Å². The van der Waals surface area contributed by atoms with Crippen molar-refractivity contribution in [3.63, 3.8) is 0 Å². The molecule has 0 bridgehead atoms. The van der Waals surface area contributed by atoms with Gasteiger partial charge in [0.15, 0.2) is 0 Å². The highest BCUT2D eigenvalue weighted by atomic mass is 16.5. The van der Waals surface area contributed by atoms with Crippen molar-refractivity contribution < 1.29 is 4.74 Å². The Morgan fingerprint density at radius 2 is 2.14 bits per heavy atom. The Hall–Kier alpha value is -0.0800. The Morgan fingerprint density at radius 1 is 1.43 bits per heavy atom. The summed E-state index contributed by atoms with van der Waals surface area (Å²) in [6.45, 7) is 7.88. The maximum absolute atomic E-state index is 5.36. The highest BCUT2D eigenvalue weighted by molar-refractivity contribution is 4.99. The maximum atomic E-state index is 5.36. The third kappa shape index (κ3) is 1.82. The van der Waals surface area contributed by atoms with Gasteiger partial charge in [0.25, 0.3) is 0 Å². The zero-order valence-electron chi connectivity index (χ0n) is 9.75. The topological polar surface area (TPSA) is 12.5 Å². The third-order valence-corrected chi connectivity index (χ3v) is 3.91. The SMILES string of the molecule is CC(C)CC1CCC2(COC2)N(C)C1. The van der Waals surface area contributed by atoms with E-state index in [-0.39, 0.29) is 0 Å². The van der Waals surface area contributed by atoms with Gasteiger partial charge in [0.2, 0.25) is 0 Å². The quantitative estimate of drug-likeness (QED) is 0.672. The van der Waals surface area contributed by atoms with E-state index in [9.17, 15) is 0 Å². The van der Waals surface area contributed by atoms with Crippen LogP contribution in [0.5, 0.6) is 0 Å². The van der Waals surface area contributed by atoms with Gasteiger partial charge in [-0.3, -0.25) is 4.90 Å². The number of ether oxygens (including phenoxy) is 1. The lowest BCUT2D eigenvalue weighted by atomic mass is 9.79. The van der Waals surface area contributed by atoms with Crippen molar-refractivity contribution in [2.24, 2.45) is 11.8 Å². The average molecular weight is 197 g/mol. The second-order valence-corrected chi connectivity index (χ2v) is 5.63. The Morgan fingerprint density at radius 3 is 2.57 bits per heavy atom. The second kappa shape index (κ2) is 3.82. The predicted octanol–water partition coefficient (Wildman–Crippen LogP) is 2.14. The maximum Gasteiger partial charge on any atom is 0.0676 e. The van der Waals surface area contributed by atoms with Gasteiger partial charge in [0.1, 0.15) is 0 Å². The van der Waals surface area contributed by atoms with Crippen molar-refractivity contribution in [2.75, 3.05) is 26.8 Å². The van der Waals surface area contributed by atoms with Crippen LogP contribution in [0.3, 0.4) is 0 Å². The molecule has 0 aromatic carbocycles. The molecule has 2 saturated heterocycles. The normalized spacial score (nSPS) is 32.1. The largest absolute Gasteiger partial charge is 0.377 e. The van der Waals surface area contributed by atoms with Crippen molar-refractivity contribution >= 4 is 0 Å². The van der Waals surface area contributed by atoms with E-state index in [1.807, 2.05) is 0 Å². The van der Waals surface area contributed by atoms with Crippen LogP contribution < -0.4 is 0 Å². The van der Waals surface area contributed by atoms with E-state index in [1.165, 1.54) is 25.8 Å². The van der Waals surface area contributed by atoms with Gasteiger partial charge in [0, 0.05) is 6.54 Å². The molecule has 0 aromatic rings. The molecule has 2 heteroatoms. The highest BCUT2D eigenvalue weighted by Gasteiger charge is 2.45. The second-order valence-electron chi connectivity index (χ2n) is 5.63. The minimum absolute atomic E-state index is 0.438. The van der Waals surface area contributed by atoms with E-state index in [0.29, 0.717) is 5.54 Å². The molecule has 1 spiro atoms. The Labute approximate surface area is 87.6 Å². The number of likely N-dealkylation sites (N-methyl/N-ethyl adjacent to an activating group) is 1. The van der Waals surface area contributed by atoms with Crippen LogP contribution in [0.4, 0.5) is 0 Å². The van der Waals surface area contributed by atoms with Crippen LogP contribution in [-0.4, -0.2) is 37.2 Å². The summed E-state index contributed by atoms with van der Waals surface area (Å²) >= 11 is 0. The molecule has 0 N–H and O–H groups in total. The zero-order valence-corrected chi connectivity index (χ0v) is 9.75. The molecule has 0 radical (unpaired) electrons. The zero-order chi connectivity index (χ0) is 10.2. The minimum atomic E-state index is 0.438. The van der Waals surface area contributed by atoms with Gasteiger partial charge in [-0.25, -0.2) is 0 Å². The van der Waals surface area contributed by atoms with Crippen LogP contribution >= 0.6 is 0 Å². The lowest BCUT2D eigenvalue weighted by molar-refractivity contribution is -0.156. The van der Waals surface area contributed by atoms with E-state index in [1.54, 1.807) is 0 Å². The average Bonchev–Trinajstić information content (AvgIpc) is 2.00. The molecular weight excluding hydrogens is 174 g/mol. The van der Waals surface area contributed by atoms with Crippen LogP contribution in [0.2, 0.25) is 0 Å². The number of piperidine rings is 1. The first-order chi connectivity index (χ1) is 6.62. The summed E-state index contributed by atoms with van der Waals surface area (Å²) in [5, 5.41) is 0. The van der Waals surface area contributed by atoms with E-state index in [0.717, 1.165) is 25.0 Å². The predicted molar refractivity (Wildman–Crippen MR) is 58.4 cm³/mol. The smallest absolute Gasteiger partial charge is 0.0676 e. The Kier molecular flexibility index (Phi) is 2.85. The lowest BCUT2D eigenvalue weighted by Crippen LogP contribution is -2.64. The highest BCUT2D eigenvalue weighted by Crippen LogP contribution is 2.37. The molecule has 82 valence electrons. The molecule has 2 rings (SSSR count). The molecule has 2 aliphatic rings. The molecule has 0 aromatic heterocycles. The van der Waals surface area contributed by atoms with Gasteiger partial charge < -0.3 is 4.74 Å². The summed E-state index contributed by atoms with van der Waals surface area (Å²) in [6.07, 6.45) is 4.15. The van der Waals surface area contributed by atoms with Gasteiger partial charge in [-0.05, 0) is 38.1 Å². The first kappa shape index (κ1) is 10.4. The molecule has 1 unspecified atom stereocenters. The van der Waals surface area contributed by atoms with Gasteiger partial charge in [-0.15, -0.1) is 0 Å². The number of likely N-dealkylation sites (tertiary alicyclic amines) is 1. The molecule has 14 heavy (non-hydrogen) atoms. The van der Waals surface area contributed by atoms with Crippen LogP contribution in [0, 0.1) is 11.8 Å². The molecular formula is C12H23NO. The number of rotatable bonds is 2. The fourth-order valence-electron chi connectivity index (χ4n) is 2.90. The van der Waals surface area contributed by atoms with Crippen molar-refractivity contribution in [1.82, 2.24) is 4.90 Å². The van der Waals surface area contributed by atoms with Crippen molar-refractivity contribution in [3.8, 4) is 0 Å². The van der Waals surface area contributed by atoms with E-state index in [4.69, 9.17) is 4.74 Å². The van der Waals surface area contributed by atoms with E-state index >= 15 is 0 Å². The molecule has 0 aliphatic carbocycles. The molecule has 2 heterocycles. The van der Waals surface area contributed by atoms with Gasteiger partial charge in [0.05, 0.1) is 18.8 Å². The van der Waals surface area contributed by atoms with Crippen molar-refractivity contribution in [3.05, 3.63) is 0 Å². The van der Waals surface area contributed by atoms with Crippen molar-refractivity contribution in [1.29, 1.82) is 0 Å². The van der Waals surface area contributed by atoms with Gasteiger partial charge in [-0.2, -0.15) is 0 Å². The fraction of sp³-hybridized carbons (Fsp3) is 1.00. The Balaban J connectivity index is 1.86. The fourth-order valence-corrected chi connectivity index (χ4v) is 2.90. The summed E-state index contributed by atoms with van der Waals surface area (Å²) in [6, 6.07) is 0.